The maximum Gasteiger partial charge on any atom is 0.240 e. The smallest absolute Gasteiger partial charge is 0.240 e. The third-order valence-corrected chi connectivity index (χ3v) is 5.83. The van der Waals surface area contributed by atoms with Gasteiger partial charge in [-0.1, -0.05) is 6.58 Å². The van der Waals surface area contributed by atoms with Gasteiger partial charge in [-0.25, -0.2) is 18.0 Å². The van der Waals surface area contributed by atoms with E-state index in [1.54, 1.807) is 21.6 Å². The minimum absolute atomic E-state index is 0.0205. The number of aromatic nitrogens is 5. The first-order valence-electron chi connectivity index (χ1n) is 8.92. The van der Waals surface area contributed by atoms with Gasteiger partial charge in [0.1, 0.15) is 22.6 Å². The molecule has 2 atom stereocenters. The summed E-state index contributed by atoms with van der Waals surface area (Å²) in [5, 5.41) is 10.0. The molecule has 1 saturated heterocycles. The van der Waals surface area contributed by atoms with Crippen molar-refractivity contribution in [3.8, 4) is 17.1 Å². The summed E-state index contributed by atoms with van der Waals surface area (Å²) in [6.07, 6.45) is 9.92. The van der Waals surface area contributed by atoms with Gasteiger partial charge >= 0.3 is 0 Å². The molecule has 3 aromatic rings. The van der Waals surface area contributed by atoms with Crippen LogP contribution in [-0.2, 0) is 18.0 Å². The highest BCUT2D eigenvalue weighted by Crippen LogP contribution is 2.26. The fraction of sp³-hybridized carbons (Fsp3) is 0.389. The first-order chi connectivity index (χ1) is 13.1. The summed E-state index contributed by atoms with van der Waals surface area (Å²) < 4.78 is 23.7. The summed E-state index contributed by atoms with van der Waals surface area (Å²) in [7, 11) is 0.747. The fourth-order valence-corrected chi connectivity index (χ4v) is 4.08. The van der Waals surface area contributed by atoms with E-state index >= 15 is 0 Å². The number of hydrogen-bond acceptors (Lipinski definition) is 5. The lowest BCUT2D eigenvalue weighted by Crippen LogP contribution is -2.26. The molecule has 3 aromatic heterocycles. The summed E-state index contributed by atoms with van der Waals surface area (Å²) in [5.74, 6) is 0.567. The Hall–Kier alpha value is -2.52. The highest BCUT2D eigenvalue weighted by Gasteiger charge is 2.22. The molecule has 0 radical (unpaired) electrons. The SMILES string of the molecule is C=CS(=O)N1CCCC(Oc2nc(-c3cnn(C)c3)cn3nccc23)CC1. The van der Waals surface area contributed by atoms with E-state index in [9.17, 15) is 4.21 Å². The molecule has 0 saturated carbocycles. The zero-order valence-electron chi connectivity index (χ0n) is 15.2. The number of aryl methyl sites for hydroxylation is 1. The van der Waals surface area contributed by atoms with Crippen LogP contribution in [-0.4, -0.2) is 52.1 Å². The summed E-state index contributed by atoms with van der Waals surface area (Å²) in [4.78, 5) is 4.73. The van der Waals surface area contributed by atoms with Crippen molar-refractivity contribution >= 4 is 16.5 Å². The van der Waals surface area contributed by atoms with Gasteiger partial charge < -0.3 is 4.74 Å². The Morgan fingerprint density at radius 3 is 2.96 bits per heavy atom. The zero-order valence-corrected chi connectivity index (χ0v) is 16.0. The maximum absolute atomic E-state index is 12.0. The van der Waals surface area contributed by atoms with Crippen LogP contribution in [0, 0.1) is 0 Å². The second-order valence-corrected chi connectivity index (χ2v) is 7.94. The average molecular weight is 386 g/mol. The van der Waals surface area contributed by atoms with Crippen molar-refractivity contribution in [3.05, 3.63) is 42.8 Å². The maximum atomic E-state index is 12.0. The fourth-order valence-electron chi connectivity index (χ4n) is 3.28. The van der Waals surface area contributed by atoms with Gasteiger partial charge in [-0.3, -0.25) is 4.68 Å². The lowest BCUT2D eigenvalue weighted by Gasteiger charge is -2.18. The van der Waals surface area contributed by atoms with E-state index in [4.69, 9.17) is 9.72 Å². The Labute approximate surface area is 160 Å². The van der Waals surface area contributed by atoms with Crippen LogP contribution in [0.5, 0.6) is 5.88 Å². The molecule has 4 rings (SSSR count). The molecule has 1 fully saturated rings. The number of hydrogen-bond donors (Lipinski definition) is 0. The largest absolute Gasteiger partial charge is 0.473 e. The van der Waals surface area contributed by atoms with Gasteiger partial charge in [0.2, 0.25) is 5.88 Å². The molecule has 8 nitrogen and oxygen atoms in total. The summed E-state index contributed by atoms with van der Waals surface area (Å²) in [5.41, 5.74) is 2.50. The van der Waals surface area contributed by atoms with Gasteiger partial charge in [0.15, 0.2) is 0 Å². The van der Waals surface area contributed by atoms with E-state index in [1.165, 1.54) is 5.41 Å². The molecule has 0 spiro atoms. The molecule has 4 heterocycles. The number of nitrogens with zero attached hydrogens (tertiary/aromatic N) is 6. The monoisotopic (exact) mass is 386 g/mol. The molecule has 2 unspecified atom stereocenters. The van der Waals surface area contributed by atoms with Crippen LogP contribution in [0.2, 0.25) is 0 Å². The first kappa shape index (κ1) is 17.9. The lowest BCUT2D eigenvalue weighted by atomic mass is 10.1. The van der Waals surface area contributed by atoms with Crippen molar-refractivity contribution in [2.45, 2.75) is 25.4 Å². The molecular formula is C18H22N6O2S. The molecule has 1 aliphatic heterocycles. The van der Waals surface area contributed by atoms with Crippen molar-refractivity contribution < 1.29 is 8.95 Å². The van der Waals surface area contributed by atoms with Crippen molar-refractivity contribution in [1.29, 1.82) is 0 Å². The lowest BCUT2D eigenvalue weighted by molar-refractivity contribution is 0.180. The van der Waals surface area contributed by atoms with Crippen LogP contribution >= 0.6 is 0 Å². The third kappa shape index (κ3) is 3.79. The highest BCUT2D eigenvalue weighted by atomic mass is 32.2. The minimum atomic E-state index is -1.13. The topological polar surface area (TPSA) is 77.6 Å². The first-order valence-corrected chi connectivity index (χ1v) is 10.1. The Bertz CT molecular complexity index is 981. The van der Waals surface area contributed by atoms with Gasteiger partial charge in [0.05, 0.1) is 24.3 Å². The molecule has 142 valence electrons. The Morgan fingerprint density at radius 2 is 2.19 bits per heavy atom. The summed E-state index contributed by atoms with van der Waals surface area (Å²) >= 11 is 0. The molecular weight excluding hydrogens is 364 g/mol. The quantitative estimate of drug-likeness (QED) is 0.672. The van der Waals surface area contributed by atoms with Gasteiger partial charge in [-0.15, -0.1) is 0 Å². The molecule has 0 aromatic carbocycles. The standard InChI is InChI=1S/C18H22N6O2S/c1-3-27(25)23-9-4-5-15(7-10-23)26-18-17-6-8-19-24(17)13-16(21-18)14-11-20-22(2)12-14/h3,6,8,11-13,15H,1,4-5,7,9-10H2,2H3. The number of fused-ring (bicyclic) bond motifs is 1. The van der Waals surface area contributed by atoms with E-state index in [2.05, 4.69) is 16.8 Å². The van der Waals surface area contributed by atoms with Crippen molar-refractivity contribution in [2.75, 3.05) is 13.1 Å². The number of ether oxygens (including phenoxy) is 1. The predicted octanol–water partition coefficient (Wildman–Crippen LogP) is 2.17. The molecule has 0 bridgehead atoms. The van der Waals surface area contributed by atoms with Crippen LogP contribution in [0.3, 0.4) is 0 Å². The molecule has 0 aliphatic carbocycles. The van der Waals surface area contributed by atoms with Crippen molar-refractivity contribution in [1.82, 2.24) is 28.7 Å². The minimum Gasteiger partial charge on any atom is -0.473 e. The Balaban J connectivity index is 1.59. The van der Waals surface area contributed by atoms with Crippen LogP contribution in [0.1, 0.15) is 19.3 Å². The average Bonchev–Trinajstić information content (AvgIpc) is 3.26. The van der Waals surface area contributed by atoms with Crippen LogP contribution in [0.15, 0.2) is 42.8 Å². The molecule has 9 heteroatoms. The Morgan fingerprint density at radius 1 is 1.30 bits per heavy atom. The Kier molecular flexibility index (Phi) is 5.04. The van der Waals surface area contributed by atoms with E-state index in [-0.39, 0.29) is 6.10 Å². The van der Waals surface area contributed by atoms with E-state index < -0.39 is 11.0 Å². The van der Waals surface area contributed by atoms with E-state index in [0.717, 1.165) is 42.6 Å². The van der Waals surface area contributed by atoms with Gasteiger partial charge in [0.25, 0.3) is 0 Å². The molecule has 0 amide bonds. The summed E-state index contributed by atoms with van der Waals surface area (Å²) in [6, 6.07) is 1.89. The zero-order chi connectivity index (χ0) is 18.8. The van der Waals surface area contributed by atoms with Crippen molar-refractivity contribution in [2.24, 2.45) is 7.05 Å². The highest BCUT2D eigenvalue weighted by molar-refractivity contribution is 7.85. The number of rotatable bonds is 5. The van der Waals surface area contributed by atoms with E-state index in [1.807, 2.05) is 29.8 Å². The van der Waals surface area contributed by atoms with Crippen LogP contribution < -0.4 is 4.74 Å². The van der Waals surface area contributed by atoms with E-state index in [0.29, 0.717) is 12.4 Å². The molecule has 0 N–H and O–H groups in total. The van der Waals surface area contributed by atoms with Crippen LogP contribution in [0.25, 0.3) is 16.8 Å². The second kappa shape index (κ2) is 7.61. The third-order valence-electron chi connectivity index (χ3n) is 4.67. The normalized spacial score (nSPS) is 19.7. The van der Waals surface area contributed by atoms with Gasteiger partial charge in [-0.2, -0.15) is 10.2 Å². The molecule has 1 aliphatic rings. The van der Waals surface area contributed by atoms with Crippen molar-refractivity contribution in [3.63, 3.8) is 0 Å². The van der Waals surface area contributed by atoms with Gasteiger partial charge in [-0.05, 0) is 25.3 Å². The van der Waals surface area contributed by atoms with Gasteiger partial charge in [0, 0.05) is 37.3 Å². The predicted molar refractivity (Wildman–Crippen MR) is 103 cm³/mol. The van der Waals surface area contributed by atoms with Crippen LogP contribution in [0.4, 0.5) is 0 Å². The summed E-state index contributed by atoms with van der Waals surface area (Å²) in [6.45, 7) is 5.11. The second-order valence-electron chi connectivity index (χ2n) is 6.54. The molecule has 27 heavy (non-hydrogen) atoms.